The number of para-hydroxylation sites is 1. The molecule has 0 aliphatic heterocycles. The smallest absolute Gasteiger partial charge is 0.417 e. The highest BCUT2D eigenvalue weighted by Crippen LogP contribution is 2.39. The SMILES string of the molecule is Fc1ccc2[nH]nc(Nc3nc(-c4ccccc4C(F)(F)F)nc4c(OCc5ccccc5)cccc34)c2c1. The van der Waals surface area contributed by atoms with Crippen LogP contribution in [0, 0.1) is 5.82 Å². The monoisotopic (exact) mass is 529 g/mol. The van der Waals surface area contributed by atoms with E-state index in [4.69, 9.17) is 4.74 Å². The Morgan fingerprint density at radius 2 is 1.59 bits per heavy atom. The molecule has 2 aromatic heterocycles. The van der Waals surface area contributed by atoms with Gasteiger partial charge < -0.3 is 10.1 Å². The maximum Gasteiger partial charge on any atom is 0.417 e. The molecule has 2 heterocycles. The molecule has 194 valence electrons. The molecule has 0 aliphatic carbocycles. The molecule has 0 amide bonds. The van der Waals surface area contributed by atoms with Gasteiger partial charge in [-0.3, -0.25) is 5.10 Å². The molecular weight excluding hydrogens is 510 g/mol. The molecule has 0 radical (unpaired) electrons. The highest BCUT2D eigenvalue weighted by atomic mass is 19.4. The minimum atomic E-state index is -4.62. The Morgan fingerprint density at radius 1 is 0.795 bits per heavy atom. The van der Waals surface area contributed by atoms with Crippen molar-refractivity contribution in [2.24, 2.45) is 0 Å². The van der Waals surface area contributed by atoms with Crippen molar-refractivity contribution in [3.63, 3.8) is 0 Å². The molecule has 6 nitrogen and oxygen atoms in total. The van der Waals surface area contributed by atoms with E-state index in [1.807, 2.05) is 30.3 Å². The van der Waals surface area contributed by atoms with E-state index in [1.54, 1.807) is 24.3 Å². The number of benzene rings is 4. The molecule has 6 aromatic rings. The lowest BCUT2D eigenvalue weighted by Gasteiger charge is -2.16. The Bertz CT molecular complexity index is 1800. The molecule has 0 spiro atoms. The Balaban J connectivity index is 1.52. The molecule has 0 saturated carbocycles. The summed E-state index contributed by atoms with van der Waals surface area (Å²) in [5, 5.41) is 11.0. The Morgan fingerprint density at radius 3 is 2.41 bits per heavy atom. The van der Waals surface area contributed by atoms with Gasteiger partial charge in [0.05, 0.1) is 11.1 Å². The second kappa shape index (κ2) is 9.71. The number of nitrogens with zero attached hydrogens (tertiary/aromatic N) is 3. The predicted molar refractivity (Wildman–Crippen MR) is 140 cm³/mol. The highest BCUT2D eigenvalue weighted by Gasteiger charge is 2.34. The quantitative estimate of drug-likeness (QED) is 0.217. The van der Waals surface area contributed by atoms with Gasteiger partial charge in [0.2, 0.25) is 0 Å². The number of aromatic amines is 1. The highest BCUT2D eigenvalue weighted by molar-refractivity contribution is 5.98. The van der Waals surface area contributed by atoms with Gasteiger partial charge in [0.1, 0.15) is 29.5 Å². The number of rotatable bonds is 6. The maximum atomic E-state index is 14.0. The van der Waals surface area contributed by atoms with Crippen molar-refractivity contribution in [2.75, 3.05) is 5.32 Å². The summed E-state index contributed by atoms with van der Waals surface area (Å²) in [5.74, 6) is 0.200. The van der Waals surface area contributed by atoms with Crippen LogP contribution in [0.15, 0.2) is 91.0 Å². The van der Waals surface area contributed by atoms with Crippen LogP contribution in [0.4, 0.5) is 29.2 Å². The summed E-state index contributed by atoms with van der Waals surface area (Å²) >= 11 is 0. The van der Waals surface area contributed by atoms with Crippen LogP contribution in [0.25, 0.3) is 33.2 Å². The van der Waals surface area contributed by atoms with Gasteiger partial charge in [0.15, 0.2) is 11.6 Å². The van der Waals surface area contributed by atoms with E-state index >= 15 is 0 Å². The van der Waals surface area contributed by atoms with E-state index in [0.29, 0.717) is 27.6 Å². The van der Waals surface area contributed by atoms with Crippen molar-refractivity contribution in [1.29, 1.82) is 0 Å². The third-order valence-electron chi connectivity index (χ3n) is 6.16. The molecule has 39 heavy (non-hydrogen) atoms. The van der Waals surface area contributed by atoms with E-state index in [2.05, 4.69) is 25.5 Å². The summed E-state index contributed by atoms with van der Waals surface area (Å²) in [6.45, 7) is 0.227. The summed E-state index contributed by atoms with van der Waals surface area (Å²) in [5.41, 5.74) is 0.737. The summed E-state index contributed by atoms with van der Waals surface area (Å²) in [6, 6.07) is 23.9. The van der Waals surface area contributed by atoms with Gasteiger partial charge in [-0.1, -0.05) is 54.6 Å². The molecule has 0 saturated heterocycles. The zero-order valence-electron chi connectivity index (χ0n) is 20.1. The second-order valence-corrected chi connectivity index (χ2v) is 8.75. The first-order valence-electron chi connectivity index (χ1n) is 11.9. The summed E-state index contributed by atoms with van der Waals surface area (Å²) in [6.07, 6.45) is -4.62. The fourth-order valence-corrected chi connectivity index (χ4v) is 4.31. The normalized spacial score (nSPS) is 11.7. The van der Waals surface area contributed by atoms with E-state index in [1.165, 1.54) is 30.3 Å². The first-order chi connectivity index (χ1) is 18.9. The van der Waals surface area contributed by atoms with Crippen molar-refractivity contribution >= 4 is 33.4 Å². The fraction of sp³-hybridized carbons (Fsp3) is 0.0690. The van der Waals surface area contributed by atoms with Crippen LogP contribution in [0.3, 0.4) is 0 Å². The molecule has 0 bridgehead atoms. The minimum Gasteiger partial charge on any atom is -0.487 e. The number of aromatic nitrogens is 4. The summed E-state index contributed by atoms with van der Waals surface area (Å²) < 4.78 is 61.8. The van der Waals surface area contributed by atoms with Crippen LogP contribution in [-0.4, -0.2) is 20.2 Å². The fourth-order valence-electron chi connectivity index (χ4n) is 4.31. The number of halogens is 4. The number of H-pyrrole nitrogens is 1. The van der Waals surface area contributed by atoms with Gasteiger partial charge >= 0.3 is 6.18 Å². The lowest BCUT2D eigenvalue weighted by molar-refractivity contribution is -0.137. The summed E-state index contributed by atoms with van der Waals surface area (Å²) in [7, 11) is 0. The number of ether oxygens (including phenoxy) is 1. The first kappa shape index (κ1) is 24.4. The van der Waals surface area contributed by atoms with Gasteiger partial charge in [-0.2, -0.15) is 18.3 Å². The third-order valence-corrected chi connectivity index (χ3v) is 6.16. The summed E-state index contributed by atoms with van der Waals surface area (Å²) in [4.78, 5) is 9.02. The minimum absolute atomic E-state index is 0.153. The third kappa shape index (κ3) is 4.84. The zero-order chi connectivity index (χ0) is 27.0. The van der Waals surface area contributed by atoms with Crippen LogP contribution in [-0.2, 0) is 12.8 Å². The van der Waals surface area contributed by atoms with Crippen molar-refractivity contribution in [3.05, 3.63) is 108 Å². The second-order valence-electron chi connectivity index (χ2n) is 8.75. The molecule has 6 rings (SSSR count). The number of anilines is 2. The van der Waals surface area contributed by atoms with Gasteiger partial charge in [-0.25, -0.2) is 14.4 Å². The van der Waals surface area contributed by atoms with Crippen LogP contribution >= 0.6 is 0 Å². The van der Waals surface area contributed by atoms with Crippen LogP contribution in [0.2, 0.25) is 0 Å². The molecule has 0 unspecified atom stereocenters. The van der Waals surface area contributed by atoms with Crippen molar-refractivity contribution < 1.29 is 22.3 Å². The number of nitrogens with one attached hydrogen (secondary N) is 2. The average molecular weight is 529 g/mol. The maximum absolute atomic E-state index is 14.0. The van der Waals surface area contributed by atoms with Crippen LogP contribution in [0.1, 0.15) is 11.1 Å². The van der Waals surface area contributed by atoms with Gasteiger partial charge in [-0.15, -0.1) is 0 Å². The van der Waals surface area contributed by atoms with Crippen molar-refractivity contribution in [3.8, 4) is 17.1 Å². The molecule has 10 heteroatoms. The molecule has 0 aliphatic rings. The number of fused-ring (bicyclic) bond motifs is 2. The van der Waals surface area contributed by atoms with Crippen molar-refractivity contribution in [2.45, 2.75) is 12.8 Å². The Labute approximate surface area is 219 Å². The lowest BCUT2D eigenvalue weighted by atomic mass is 10.1. The zero-order valence-corrected chi connectivity index (χ0v) is 20.1. The van der Waals surface area contributed by atoms with Gasteiger partial charge in [0.25, 0.3) is 0 Å². The Hall–Kier alpha value is -4.99. The number of hydrogen-bond acceptors (Lipinski definition) is 5. The molecule has 0 fully saturated rings. The Kier molecular flexibility index (Phi) is 6.07. The predicted octanol–water partition coefficient (Wildman–Crippen LogP) is 7.65. The molecular formula is C29H19F4N5O. The topological polar surface area (TPSA) is 75.7 Å². The molecule has 4 aromatic carbocycles. The van der Waals surface area contributed by atoms with E-state index in [0.717, 1.165) is 11.6 Å². The number of alkyl halides is 3. The first-order valence-corrected chi connectivity index (χ1v) is 11.9. The van der Waals surface area contributed by atoms with Gasteiger partial charge in [0, 0.05) is 16.3 Å². The van der Waals surface area contributed by atoms with Gasteiger partial charge in [-0.05, 0) is 42.0 Å². The molecule has 2 N–H and O–H groups in total. The van der Waals surface area contributed by atoms with E-state index < -0.39 is 17.6 Å². The van der Waals surface area contributed by atoms with Crippen LogP contribution in [0.5, 0.6) is 5.75 Å². The van der Waals surface area contributed by atoms with Crippen molar-refractivity contribution in [1.82, 2.24) is 20.2 Å². The molecule has 0 atom stereocenters. The largest absolute Gasteiger partial charge is 0.487 e. The van der Waals surface area contributed by atoms with E-state index in [-0.39, 0.29) is 29.6 Å². The van der Waals surface area contributed by atoms with E-state index in [9.17, 15) is 17.6 Å². The van der Waals surface area contributed by atoms with Crippen LogP contribution < -0.4 is 10.1 Å². The lowest BCUT2D eigenvalue weighted by Crippen LogP contribution is -2.09. The average Bonchev–Trinajstić information content (AvgIpc) is 3.33. The standard InChI is InChI=1S/C29H19F4N5O/c30-18-13-14-23-21(15-18)28(38-37-23)36-27-20-10-6-12-24(39-16-17-7-2-1-3-8-17)25(20)34-26(35-27)19-9-4-5-11-22(19)29(31,32)33/h1-15H,16H2,(H2,34,35,36,37,38). The number of hydrogen-bond donors (Lipinski definition) is 2.